The summed E-state index contributed by atoms with van der Waals surface area (Å²) in [5.41, 5.74) is 1.12. The summed E-state index contributed by atoms with van der Waals surface area (Å²) in [4.78, 5) is 15.9. The zero-order chi connectivity index (χ0) is 13.0. The molecule has 0 atom stereocenters. The Balaban J connectivity index is 2.08. The summed E-state index contributed by atoms with van der Waals surface area (Å²) in [5.74, 6) is -0.205. The van der Waals surface area contributed by atoms with Gasteiger partial charge in [-0.1, -0.05) is 35.3 Å². The van der Waals surface area contributed by atoms with Crippen LogP contribution in [0, 0.1) is 0 Å². The van der Waals surface area contributed by atoms with Gasteiger partial charge in [-0.25, -0.2) is 0 Å². The average molecular weight is 281 g/mol. The Bertz CT molecular complexity index is 538. The molecule has 0 unspecified atom stereocenters. The standard InChI is InChI=1S/C13H10Cl2N2O/c14-10-5-3-6-11(15)13(10)17-12(18)8-9-4-1-2-7-16-9/h1-7H,8H2,(H,17,18). The zero-order valence-electron chi connectivity index (χ0n) is 9.36. The summed E-state index contributed by atoms with van der Waals surface area (Å²) >= 11 is 11.9. The highest BCUT2D eigenvalue weighted by Gasteiger charge is 2.10. The van der Waals surface area contributed by atoms with Gasteiger partial charge in [0.15, 0.2) is 0 Å². The Morgan fingerprint density at radius 2 is 1.83 bits per heavy atom. The van der Waals surface area contributed by atoms with Gasteiger partial charge in [-0.15, -0.1) is 0 Å². The summed E-state index contributed by atoms with van der Waals surface area (Å²) in [7, 11) is 0. The number of anilines is 1. The Labute approximate surface area is 115 Å². The Hall–Kier alpha value is -1.58. The maximum Gasteiger partial charge on any atom is 0.230 e. The van der Waals surface area contributed by atoms with E-state index in [1.54, 1.807) is 36.5 Å². The Morgan fingerprint density at radius 3 is 2.44 bits per heavy atom. The molecule has 0 radical (unpaired) electrons. The molecule has 1 N–H and O–H groups in total. The van der Waals surface area contributed by atoms with Crippen LogP contribution < -0.4 is 5.32 Å². The second kappa shape index (κ2) is 5.85. The zero-order valence-corrected chi connectivity index (χ0v) is 10.9. The number of carbonyl (C=O) groups is 1. The molecule has 0 aliphatic heterocycles. The van der Waals surface area contributed by atoms with Gasteiger partial charge in [0.25, 0.3) is 0 Å². The highest BCUT2D eigenvalue weighted by Crippen LogP contribution is 2.29. The largest absolute Gasteiger partial charge is 0.323 e. The summed E-state index contributed by atoms with van der Waals surface area (Å²) in [5, 5.41) is 3.51. The molecule has 0 aliphatic rings. The molecule has 92 valence electrons. The Morgan fingerprint density at radius 1 is 1.11 bits per heavy atom. The molecule has 0 saturated carbocycles. The van der Waals surface area contributed by atoms with Gasteiger partial charge in [0.1, 0.15) is 0 Å². The summed E-state index contributed by atoms with van der Waals surface area (Å²) < 4.78 is 0. The van der Waals surface area contributed by atoms with Crippen molar-refractivity contribution in [2.75, 3.05) is 5.32 Å². The molecule has 3 nitrogen and oxygen atoms in total. The van der Waals surface area contributed by atoms with E-state index in [9.17, 15) is 4.79 Å². The van der Waals surface area contributed by atoms with Crippen LogP contribution in [0.1, 0.15) is 5.69 Å². The molecule has 1 aromatic carbocycles. The number of pyridine rings is 1. The lowest BCUT2D eigenvalue weighted by Crippen LogP contribution is -2.15. The van der Waals surface area contributed by atoms with E-state index < -0.39 is 0 Å². The number of halogens is 2. The van der Waals surface area contributed by atoms with Crippen LogP contribution in [-0.2, 0) is 11.2 Å². The first-order valence-electron chi connectivity index (χ1n) is 5.30. The number of aromatic nitrogens is 1. The highest BCUT2D eigenvalue weighted by atomic mass is 35.5. The lowest BCUT2D eigenvalue weighted by Gasteiger charge is -2.08. The number of hydrogen-bond acceptors (Lipinski definition) is 2. The van der Waals surface area contributed by atoms with Gasteiger partial charge in [0.05, 0.1) is 22.2 Å². The molecule has 1 amide bonds. The van der Waals surface area contributed by atoms with Crippen LogP contribution in [0.3, 0.4) is 0 Å². The van der Waals surface area contributed by atoms with E-state index in [1.807, 2.05) is 6.07 Å². The quantitative estimate of drug-likeness (QED) is 0.934. The number of benzene rings is 1. The molecule has 0 saturated heterocycles. The number of hydrogen-bond donors (Lipinski definition) is 1. The number of para-hydroxylation sites is 1. The van der Waals surface area contributed by atoms with Gasteiger partial charge in [0.2, 0.25) is 5.91 Å². The maximum absolute atomic E-state index is 11.8. The van der Waals surface area contributed by atoms with E-state index in [-0.39, 0.29) is 12.3 Å². The van der Waals surface area contributed by atoms with Crippen molar-refractivity contribution in [3.8, 4) is 0 Å². The number of amides is 1. The summed E-state index contributed by atoms with van der Waals surface area (Å²) in [6.45, 7) is 0. The minimum atomic E-state index is -0.205. The van der Waals surface area contributed by atoms with Gasteiger partial charge in [-0.05, 0) is 24.3 Å². The smallest absolute Gasteiger partial charge is 0.230 e. The van der Waals surface area contributed by atoms with E-state index in [2.05, 4.69) is 10.3 Å². The van der Waals surface area contributed by atoms with Crippen molar-refractivity contribution < 1.29 is 4.79 Å². The molecule has 2 rings (SSSR count). The van der Waals surface area contributed by atoms with Crippen LogP contribution in [0.5, 0.6) is 0 Å². The lowest BCUT2D eigenvalue weighted by molar-refractivity contribution is -0.115. The summed E-state index contributed by atoms with van der Waals surface area (Å²) in [6, 6.07) is 10.5. The molecule has 2 aromatic rings. The molecule has 18 heavy (non-hydrogen) atoms. The third-order valence-electron chi connectivity index (χ3n) is 2.30. The average Bonchev–Trinajstić information content (AvgIpc) is 2.35. The number of rotatable bonds is 3. The van der Waals surface area contributed by atoms with Crippen molar-refractivity contribution in [1.29, 1.82) is 0 Å². The first-order valence-corrected chi connectivity index (χ1v) is 6.06. The fourth-order valence-corrected chi connectivity index (χ4v) is 1.96. The van der Waals surface area contributed by atoms with Crippen LogP contribution >= 0.6 is 23.2 Å². The molecular formula is C13H10Cl2N2O. The molecule has 1 heterocycles. The fraction of sp³-hybridized carbons (Fsp3) is 0.0769. The SMILES string of the molecule is O=C(Cc1ccccn1)Nc1c(Cl)cccc1Cl. The predicted molar refractivity (Wildman–Crippen MR) is 73.0 cm³/mol. The van der Waals surface area contributed by atoms with E-state index in [0.717, 1.165) is 0 Å². The fourth-order valence-electron chi connectivity index (χ4n) is 1.47. The molecule has 0 aliphatic carbocycles. The van der Waals surface area contributed by atoms with E-state index in [0.29, 0.717) is 21.4 Å². The second-order valence-electron chi connectivity index (χ2n) is 3.64. The minimum absolute atomic E-state index is 0.183. The molecule has 0 fully saturated rings. The van der Waals surface area contributed by atoms with Crippen LogP contribution in [0.25, 0.3) is 0 Å². The van der Waals surface area contributed by atoms with Crippen molar-refractivity contribution in [1.82, 2.24) is 4.98 Å². The van der Waals surface area contributed by atoms with Crippen molar-refractivity contribution >= 4 is 34.8 Å². The number of nitrogens with zero attached hydrogens (tertiary/aromatic N) is 1. The van der Waals surface area contributed by atoms with Gasteiger partial charge in [-0.3, -0.25) is 9.78 Å². The first kappa shape index (κ1) is 12.9. The first-order chi connectivity index (χ1) is 8.66. The van der Waals surface area contributed by atoms with Crippen LogP contribution in [-0.4, -0.2) is 10.9 Å². The van der Waals surface area contributed by atoms with Gasteiger partial charge in [0, 0.05) is 11.9 Å². The molecule has 0 bridgehead atoms. The minimum Gasteiger partial charge on any atom is -0.323 e. The number of carbonyl (C=O) groups excluding carboxylic acids is 1. The van der Waals surface area contributed by atoms with E-state index in [1.165, 1.54) is 0 Å². The molecular weight excluding hydrogens is 271 g/mol. The third-order valence-corrected chi connectivity index (χ3v) is 2.92. The molecule has 0 spiro atoms. The van der Waals surface area contributed by atoms with Crippen molar-refractivity contribution in [2.45, 2.75) is 6.42 Å². The topological polar surface area (TPSA) is 42.0 Å². The third kappa shape index (κ3) is 3.22. The highest BCUT2D eigenvalue weighted by molar-refractivity contribution is 6.39. The van der Waals surface area contributed by atoms with E-state index >= 15 is 0 Å². The summed E-state index contributed by atoms with van der Waals surface area (Å²) in [6.07, 6.45) is 1.83. The van der Waals surface area contributed by atoms with Gasteiger partial charge >= 0.3 is 0 Å². The monoisotopic (exact) mass is 280 g/mol. The molecule has 1 aromatic heterocycles. The van der Waals surface area contributed by atoms with Gasteiger partial charge < -0.3 is 5.32 Å². The van der Waals surface area contributed by atoms with Crippen LogP contribution in [0.15, 0.2) is 42.6 Å². The Kier molecular flexibility index (Phi) is 4.18. The normalized spacial score (nSPS) is 10.1. The van der Waals surface area contributed by atoms with Crippen LogP contribution in [0.2, 0.25) is 10.0 Å². The van der Waals surface area contributed by atoms with E-state index in [4.69, 9.17) is 23.2 Å². The number of nitrogens with one attached hydrogen (secondary N) is 1. The lowest BCUT2D eigenvalue weighted by atomic mass is 10.2. The second-order valence-corrected chi connectivity index (χ2v) is 4.46. The van der Waals surface area contributed by atoms with Crippen LogP contribution in [0.4, 0.5) is 5.69 Å². The van der Waals surface area contributed by atoms with Gasteiger partial charge in [-0.2, -0.15) is 0 Å². The van der Waals surface area contributed by atoms with Crippen molar-refractivity contribution in [2.24, 2.45) is 0 Å². The molecule has 5 heteroatoms. The maximum atomic E-state index is 11.8. The van der Waals surface area contributed by atoms with Crippen molar-refractivity contribution in [3.05, 3.63) is 58.3 Å². The predicted octanol–water partition coefficient (Wildman–Crippen LogP) is 3.57. The van der Waals surface area contributed by atoms with Crippen molar-refractivity contribution in [3.63, 3.8) is 0 Å².